The Hall–Kier alpha value is -2.97. The highest BCUT2D eigenvalue weighted by Crippen LogP contribution is 2.14. The summed E-state index contributed by atoms with van der Waals surface area (Å²) in [6.07, 6.45) is 4.53. The van der Waals surface area contributed by atoms with Crippen molar-refractivity contribution < 1.29 is 4.39 Å². The van der Waals surface area contributed by atoms with Crippen molar-refractivity contribution in [3.63, 3.8) is 0 Å². The van der Waals surface area contributed by atoms with E-state index in [0.717, 1.165) is 36.3 Å². The third-order valence-electron chi connectivity index (χ3n) is 4.41. The molecule has 1 atom stereocenters. The number of nitrogens with one attached hydrogen (secondary N) is 1. The standard InChI is InChI=1S/C21H21FN4/c1-16(19-3-2-4-20(22)11-19)25-10-9-21-13-24-15-26(21)14-18-7-5-17(12-23)6-8-18/h2-8,11,13,15-16,25H,9-10,14H2,1H3. The summed E-state index contributed by atoms with van der Waals surface area (Å²) in [4.78, 5) is 4.25. The van der Waals surface area contributed by atoms with Crippen molar-refractivity contribution in [1.82, 2.24) is 14.9 Å². The summed E-state index contributed by atoms with van der Waals surface area (Å²) in [6, 6.07) is 16.5. The lowest BCUT2D eigenvalue weighted by Crippen LogP contribution is -2.22. The summed E-state index contributed by atoms with van der Waals surface area (Å²) in [5.41, 5.74) is 3.86. The predicted octanol–water partition coefficient (Wildman–Crippen LogP) is 3.84. The van der Waals surface area contributed by atoms with Gasteiger partial charge in [0.05, 0.1) is 18.0 Å². The number of rotatable bonds is 7. The second kappa shape index (κ2) is 8.41. The third-order valence-corrected chi connectivity index (χ3v) is 4.41. The molecule has 0 saturated carbocycles. The number of imidazole rings is 1. The van der Waals surface area contributed by atoms with Gasteiger partial charge in [0.2, 0.25) is 0 Å². The summed E-state index contributed by atoms with van der Waals surface area (Å²) in [5.74, 6) is -0.211. The number of nitrogens with zero attached hydrogens (tertiary/aromatic N) is 3. The van der Waals surface area contributed by atoms with E-state index in [1.165, 1.54) is 6.07 Å². The van der Waals surface area contributed by atoms with Gasteiger partial charge >= 0.3 is 0 Å². The van der Waals surface area contributed by atoms with Crippen molar-refractivity contribution in [2.75, 3.05) is 6.54 Å². The molecule has 0 radical (unpaired) electrons. The monoisotopic (exact) mass is 348 g/mol. The second-order valence-electron chi connectivity index (χ2n) is 6.30. The van der Waals surface area contributed by atoms with Gasteiger partial charge in [-0.2, -0.15) is 5.26 Å². The van der Waals surface area contributed by atoms with Gasteiger partial charge in [0.25, 0.3) is 0 Å². The zero-order valence-corrected chi connectivity index (χ0v) is 14.7. The summed E-state index contributed by atoms with van der Waals surface area (Å²) in [7, 11) is 0. The molecule has 0 bridgehead atoms. The third kappa shape index (κ3) is 4.56. The molecule has 5 heteroatoms. The highest BCUT2D eigenvalue weighted by Gasteiger charge is 2.07. The maximum Gasteiger partial charge on any atom is 0.123 e. The molecular weight excluding hydrogens is 327 g/mol. The Labute approximate surface area is 152 Å². The molecule has 0 spiro atoms. The highest BCUT2D eigenvalue weighted by molar-refractivity contribution is 5.31. The minimum atomic E-state index is -0.211. The molecule has 0 aliphatic carbocycles. The van der Waals surface area contributed by atoms with Gasteiger partial charge in [-0.15, -0.1) is 0 Å². The Morgan fingerprint density at radius 2 is 2.04 bits per heavy atom. The van der Waals surface area contributed by atoms with E-state index in [9.17, 15) is 4.39 Å². The molecule has 1 unspecified atom stereocenters. The first-order chi connectivity index (χ1) is 12.7. The van der Waals surface area contributed by atoms with Gasteiger partial charge in [-0.25, -0.2) is 9.37 Å². The Bertz CT molecular complexity index is 893. The minimum absolute atomic E-state index is 0.0839. The Morgan fingerprint density at radius 1 is 1.23 bits per heavy atom. The van der Waals surface area contributed by atoms with Crippen LogP contribution in [0.15, 0.2) is 61.1 Å². The van der Waals surface area contributed by atoms with E-state index in [-0.39, 0.29) is 11.9 Å². The molecule has 4 nitrogen and oxygen atoms in total. The molecule has 132 valence electrons. The van der Waals surface area contributed by atoms with Crippen LogP contribution in [0.5, 0.6) is 0 Å². The fraction of sp³-hybridized carbons (Fsp3) is 0.238. The van der Waals surface area contributed by atoms with E-state index in [1.807, 2.05) is 49.8 Å². The largest absolute Gasteiger partial charge is 0.330 e. The van der Waals surface area contributed by atoms with E-state index >= 15 is 0 Å². The van der Waals surface area contributed by atoms with Crippen LogP contribution in [0.25, 0.3) is 0 Å². The van der Waals surface area contributed by atoms with E-state index in [1.54, 1.807) is 12.1 Å². The number of halogens is 1. The number of aromatic nitrogens is 2. The number of hydrogen-bond acceptors (Lipinski definition) is 3. The van der Waals surface area contributed by atoms with Crippen LogP contribution in [0, 0.1) is 17.1 Å². The quantitative estimate of drug-likeness (QED) is 0.706. The molecule has 1 N–H and O–H groups in total. The fourth-order valence-corrected chi connectivity index (χ4v) is 2.89. The number of hydrogen-bond donors (Lipinski definition) is 1. The molecule has 3 rings (SSSR count). The SMILES string of the molecule is CC(NCCc1cncn1Cc1ccc(C#N)cc1)c1cccc(F)c1. The van der Waals surface area contributed by atoms with Crippen molar-refractivity contribution in [2.24, 2.45) is 0 Å². The second-order valence-corrected chi connectivity index (χ2v) is 6.30. The first-order valence-corrected chi connectivity index (χ1v) is 8.62. The first kappa shape index (κ1) is 17.8. The molecule has 0 saturated heterocycles. The average Bonchev–Trinajstić information content (AvgIpc) is 3.09. The molecule has 26 heavy (non-hydrogen) atoms. The molecule has 2 aromatic carbocycles. The van der Waals surface area contributed by atoms with Gasteiger partial charge in [0.15, 0.2) is 0 Å². The molecule has 1 heterocycles. The van der Waals surface area contributed by atoms with Crippen LogP contribution in [0.3, 0.4) is 0 Å². The van der Waals surface area contributed by atoms with Crippen LogP contribution >= 0.6 is 0 Å². The van der Waals surface area contributed by atoms with Gasteiger partial charge in [-0.3, -0.25) is 0 Å². The van der Waals surface area contributed by atoms with Crippen LogP contribution in [0.1, 0.15) is 35.3 Å². The maximum absolute atomic E-state index is 13.3. The summed E-state index contributed by atoms with van der Waals surface area (Å²) >= 11 is 0. The lowest BCUT2D eigenvalue weighted by molar-refractivity contribution is 0.559. The molecular formula is C21H21FN4. The van der Waals surface area contributed by atoms with Crippen LogP contribution in [-0.4, -0.2) is 16.1 Å². The summed E-state index contributed by atoms with van der Waals surface area (Å²) < 4.78 is 15.4. The Balaban J connectivity index is 1.56. The molecule has 3 aromatic rings. The molecule has 1 aromatic heterocycles. The minimum Gasteiger partial charge on any atom is -0.330 e. The van der Waals surface area contributed by atoms with Crippen molar-refractivity contribution >= 4 is 0 Å². The fourth-order valence-electron chi connectivity index (χ4n) is 2.89. The van der Waals surface area contributed by atoms with Crippen LogP contribution in [0.4, 0.5) is 4.39 Å². The van der Waals surface area contributed by atoms with Gasteiger partial charge in [0, 0.05) is 37.4 Å². The smallest absolute Gasteiger partial charge is 0.123 e. The first-order valence-electron chi connectivity index (χ1n) is 8.62. The van der Waals surface area contributed by atoms with Gasteiger partial charge in [0.1, 0.15) is 5.82 Å². The van der Waals surface area contributed by atoms with Crippen LogP contribution in [-0.2, 0) is 13.0 Å². The van der Waals surface area contributed by atoms with Gasteiger partial charge in [-0.05, 0) is 42.3 Å². The van der Waals surface area contributed by atoms with Crippen LogP contribution < -0.4 is 5.32 Å². The van der Waals surface area contributed by atoms with Crippen molar-refractivity contribution in [2.45, 2.75) is 25.9 Å². The van der Waals surface area contributed by atoms with E-state index in [0.29, 0.717) is 5.56 Å². The van der Waals surface area contributed by atoms with Crippen molar-refractivity contribution in [3.05, 3.63) is 89.3 Å². The lowest BCUT2D eigenvalue weighted by Gasteiger charge is -2.15. The van der Waals surface area contributed by atoms with Crippen LogP contribution in [0.2, 0.25) is 0 Å². The van der Waals surface area contributed by atoms with Gasteiger partial charge in [-0.1, -0.05) is 24.3 Å². The zero-order chi connectivity index (χ0) is 18.4. The molecule has 0 aliphatic heterocycles. The number of benzene rings is 2. The van der Waals surface area contributed by atoms with Crippen molar-refractivity contribution in [3.8, 4) is 6.07 Å². The van der Waals surface area contributed by atoms with E-state index in [4.69, 9.17) is 5.26 Å². The lowest BCUT2D eigenvalue weighted by atomic mass is 10.1. The van der Waals surface area contributed by atoms with E-state index in [2.05, 4.69) is 20.9 Å². The molecule has 0 fully saturated rings. The van der Waals surface area contributed by atoms with Gasteiger partial charge < -0.3 is 9.88 Å². The normalized spacial score (nSPS) is 11.9. The molecule has 0 amide bonds. The maximum atomic E-state index is 13.3. The summed E-state index contributed by atoms with van der Waals surface area (Å²) in [5, 5.41) is 12.3. The molecule has 0 aliphatic rings. The Morgan fingerprint density at radius 3 is 2.77 bits per heavy atom. The Kier molecular flexibility index (Phi) is 5.77. The summed E-state index contributed by atoms with van der Waals surface area (Å²) in [6.45, 7) is 3.53. The topological polar surface area (TPSA) is 53.6 Å². The average molecular weight is 348 g/mol. The van der Waals surface area contributed by atoms with E-state index < -0.39 is 0 Å². The zero-order valence-electron chi connectivity index (χ0n) is 14.7. The van der Waals surface area contributed by atoms with Crippen molar-refractivity contribution in [1.29, 1.82) is 5.26 Å². The number of nitriles is 1. The highest BCUT2D eigenvalue weighted by atomic mass is 19.1. The predicted molar refractivity (Wildman–Crippen MR) is 99.0 cm³/mol.